The molecule has 1 rings (SSSR count). The molecule has 0 bridgehead atoms. The van der Waals surface area contributed by atoms with Crippen LogP contribution in [0.5, 0.6) is 0 Å². The van der Waals surface area contributed by atoms with E-state index in [0.29, 0.717) is 5.56 Å². The summed E-state index contributed by atoms with van der Waals surface area (Å²) in [5.41, 5.74) is 7.53. The van der Waals surface area contributed by atoms with Crippen LogP contribution in [0.3, 0.4) is 0 Å². The molecule has 1 aromatic carbocycles. The van der Waals surface area contributed by atoms with Crippen molar-refractivity contribution in [2.75, 3.05) is 7.11 Å². The minimum absolute atomic E-state index is 0.0168. The van der Waals surface area contributed by atoms with Crippen LogP contribution in [0.2, 0.25) is 0 Å². The molecule has 0 aliphatic heterocycles. The number of rotatable bonds is 3. The van der Waals surface area contributed by atoms with Crippen LogP contribution in [0.15, 0.2) is 35.5 Å². The molecule has 0 saturated heterocycles. The molecule has 0 aliphatic rings. The number of hydrogen-bond donors (Lipinski definition) is 0. The number of nitrogens with zero attached hydrogens (tertiary/aromatic N) is 1. The van der Waals surface area contributed by atoms with E-state index in [4.69, 9.17) is 5.73 Å². The zero-order valence-electron chi connectivity index (χ0n) is 7.15. The molecule has 0 atom stereocenters. The van der Waals surface area contributed by atoms with Crippen LogP contribution >= 0.6 is 0 Å². The summed E-state index contributed by atoms with van der Waals surface area (Å²) in [5, 5.41) is 3.47. The van der Waals surface area contributed by atoms with Gasteiger partial charge in [0.1, 0.15) is 7.11 Å². The van der Waals surface area contributed by atoms with Gasteiger partial charge in [-0.1, -0.05) is 35.5 Å². The average Bonchev–Trinajstić information content (AvgIpc) is 2.15. The second-order valence-electron chi connectivity index (χ2n) is 2.32. The molecule has 0 aromatic heterocycles. The van der Waals surface area contributed by atoms with E-state index in [-0.39, 0.29) is 5.71 Å². The van der Waals surface area contributed by atoms with Gasteiger partial charge in [0.25, 0.3) is 5.91 Å². The van der Waals surface area contributed by atoms with Crippen LogP contribution in [0.1, 0.15) is 5.56 Å². The Balaban J connectivity index is 3.03. The number of oxime groups is 1. The molecule has 4 nitrogen and oxygen atoms in total. The molecular weight excluding hydrogens is 168 g/mol. The number of hydrogen-bond acceptors (Lipinski definition) is 3. The van der Waals surface area contributed by atoms with E-state index >= 15 is 0 Å². The van der Waals surface area contributed by atoms with Gasteiger partial charge in [0.15, 0.2) is 5.71 Å². The van der Waals surface area contributed by atoms with Crippen molar-refractivity contribution in [2.45, 2.75) is 0 Å². The van der Waals surface area contributed by atoms with Gasteiger partial charge in [-0.05, 0) is 0 Å². The number of amides is 1. The topological polar surface area (TPSA) is 62.5 Å². The maximum Gasteiger partial charge on any atom is 0.292 e. The first-order chi connectivity index (χ1) is 6.25. The molecule has 67 valence electrons. The third kappa shape index (κ3) is 2.30. The summed E-state index contributed by atoms with van der Waals surface area (Å²) in [6.45, 7) is 0. The molecule has 1 amide bonds. The Hall–Kier alpha value is -1.84. The van der Waals surface area contributed by atoms with Gasteiger partial charge in [0, 0.05) is 5.56 Å². The predicted octanol–water partition coefficient (Wildman–Crippen LogP) is 0.847. The van der Waals surface area contributed by atoms with Crippen LogP contribution in [0.4, 0.5) is 0 Å². The molecule has 0 unspecified atom stereocenters. The van der Waals surface area contributed by atoms with Crippen LogP contribution in [0, 0.1) is 0 Å². The second-order valence-corrected chi connectivity index (χ2v) is 2.32. The van der Waals surface area contributed by atoms with Crippen molar-refractivity contribution in [3.8, 4) is 0 Å². The standard InChI is InChI=1S/C9H9N2O2/c1-13-11-8(9(10)12)7-5-3-2-4-6-7/h2-6,10H,1H3/b11-8+. The molecule has 0 saturated carbocycles. The molecule has 0 aliphatic carbocycles. The lowest BCUT2D eigenvalue weighted by Crippen LogP contribution is -2.16. The smallest absolute Gasteiger partial charge is 0.292 e. The highest BCUT2D eigenvalue weighted by molar-refractivity contribution is 6.44. The van der Waals surface area contributed by atoms with Crippen LogP contribution in [-0.2, 0) is 9.63 Å². The van der Waals surface area contributed by atoms with Gasteiger partial charge >= 0.3 is 0 Å². The van der Waals surface area contributed by atoms with Crippen molar-refractivity contribution < 1.29 is 9.63 Å². The average molecular weight is 177 g/mol. The third-order valence-corrected chi connectivity index (χ3v) is 1.44. The summed E-state index contributed by atoms with van der Waals surface area (Å²) in [5.74, 6) is -0.854. The Morgan fingerprint density at radius 1 is 1.38 bits per heavy atom. The van der Waals surface area contributed by atoms with E-state index in [0.717, 1.165) is 0 Å². The number of carbonyl (C=O) groups excluding carboxylic acids is 1. The lowest BCUT2D eigenvalue weighted by molar-refractivity contribution is -0.112. The van der Waals surface area contributed by atoms with Crippen LogP contribution in [-0.4, -0.2) is 18.7 Å². The van der Waals surface area contributed by atoms with E-state index in [2.05, 4.69) is 9.99 Å². The zero-order valence-corrected chi connectivity index (χ0v) is 7.15. The highest BCUT2D eigenvalue weighted by Crippen LogP contribution is 2.01. The van der Waals surface area contributed by atoms with E-state index in [9.17, 15) is 4.79 Å². The largest absolute Gasteiger partial charge is 0.398 e. The number of carbonyl (C=O) groups is 1. The first-order valence-corrected chi connectivity index (χ1v) is 3.68. The minimum Gasteiger partial charge on any atom is -0.398 e. The predicted molar refractivity (Wildman–Crippen MR) is 48.1 cm³/mol. The highest BCUT2D eigenvalue weighted by Gasteiger charge is 2.10. The van der Waals surface area contributed by atoms with E-state index in [1.807, 2.05) is 6.07 Å². The Morgan fingerprint density at radius 2 is 2.00 bits per heavy atom. The molecule has 0 spiro atoms. The highest BCUT2D eigenvalue weighted by atomic mass is 16.6. The molecular formula is C9H9N2O2. The molecule has 1 N–H and O–H groups in total. The maximum atomic E-state index is 10.8. The van der Waals surface area contributed by atoms with Crippen molar-refractivity contribution in [3.05, 3.63) is 35.9 Å². The van der Waals surface area contributed by atoms with Crippen molar-refractivity contribution in [2.24, 2.45) is 5.16 Å². The summed E-state index contributed by atoms with van der Waals surface area (Å²) >= 11 is 0. The maximum absolute atomic E-state index is 10.8. The first-order valence-electron chi connectivity index (χ1n) is 3.68. The normalized spacial score (nSPS) is 11.0. The summed E-state index contributed by atoms with van der Waals surface area (Å²) in [6.07, 6.45) is 0. The second kappa shape index (κ2) is 4.25. The quantitative estimate of drug-likeness (QED) is 0.507. The zero-order chi connectivity index (χ0) is 9.68. The summed E-state index contributed by atoms with van der Waals surface area (Å²) in [6, 6.07) is 8.75. The van der Waals surface area contributed by atoms with Gasteiger partial charge in [0.2, 0.25) is 0 Å². The van der Waals surface area contributed by atoms with Crippen molar-refractivity contribution in [1.29, 1.82) is 0 Å². The van der Waals surface area contributed by atoms with Gasteiger partial charge < -0.3 is 4.84 Å². The van der Waals surface area contributed by atoms with E-state index in [1.54, 1.807) is 24.3 Å². The Labute approximate surface area is 76.0 Å². The third-order valence-electron chi connectivity index (χ3n) is 1.44. The molecule has 1 aromatic rings. The van der Waals surface area contributed by atoms with Gasteiger partial charge in [-0.3, -0.25) is 10.5 Å². The molecule has 0 fully saturated rings. The Bertz CT molecular complexity index is 320. The fraction of sp³-hybridized carbons (Fsp3) is 0.111. The van der Waals surface area contributed by atoms with Gasteiger partial charge in [-0.15, -0.1) is 0 Å². The SMILES string of the molecule is CO/N=C(/C([NH])=O)c1ccccc1. The van der Waals surface area contributed by atoms with Crippen LogP contribution in [0.25, 0.3) is 0 Å². The summed E-state index contributed by atoms with van der Waals surface area (Å²) in [4.78, 5) is 15.3. The molecule has 1 radical (unpaired) electrons. The molecule has 13 heavy (non-hydrogen) atoms. The summed E-state index contributed by atoms with van der Waals surface area (Å²) in [7, 11) is 1.34. The van der Waals surface area contributed by atoms with Gasteiger partial charge in [-0.25, -0.2) is 0 Å². The Morgan fingerprint density at radius 3 is 2.46 bits per heavy atom. The molecule has 4 heteroatoms. The number of benzene rings is 1. The monoisotopic (exact) mass is 177 g/mol. The van der Waals surface area contributed by atoms with Crippen molar-refractivity contribution in [1.82, 2.24) is 5.73 Å². The lowest BCUT2D eigenvalue weighted by atomic mass is 10.1. The number of nitrogens with one attached hydrogen (secondary N) is 1. The fourth-order valence-corrected chi connectivity index (χ4v) is 0.913. The summed E-state index contributed by atoms with van der Waals surface area (Å²) < 4.78 is 0. The van der Waals surface area contributed by atoms with Gasteiger partial charge in [-0.2, -0.15) is 0 Å². The van der Waals surface area contributed by atoms with E-state index in [1.165, 1.54) is 7.11 Å². The minimum atomic E-state index is -0.854. The first kappa shape index (κ1) is 9.25. The van der Waals surface area contributed by atoms with E-state index < -0.39 is 5.91 Å². The lowest BCUT2D eigenvalue weighted by Gasteiger charge is -1.99. The van der Waals surface area contributed by atoms with Crippen LogP contribution < -0.4 is 5.73 Å². The fourth-order valence-electron chi connectivity index (χ4n) is 0.913. The van der Waals surface area contributed by atoms with Crippen molar-refractivity contribution >= 4 is 11.6 Å². The van der Waals surface area contributed by atoms with Gasteiger partial charge in [0.05, 0.1) is 0 Å². The Kier molecular flexibility index (Phi) is 3.03. The molecule has 0 heterocycles. The van der Waals surface area contributed by atoms with Crippen molar-refractivity contribution in [3.63, 3.8) is 0 Å².